The van der Waals surface area contributed by atoms with Gasteiger partial charge in [-0.2, -0.15) is 5.10 Å². The molecule has 0 spiro atoms. The molecule has 3 nitrogen and oxygen atoms in total. The largest absolute Gasteiger partial charge is 0.308 e. The smallest absolute Gasteiger partial charge is 0.0762 e. The maximum Gasteiger partial charge on any atom is 0.0762 e. The van der Waals surface area contributed by atoms with E-state index in [1.165, 1.54) is 63.5 Å². The van der Waals surface area contributed by atoms with Gasteiger partial charge in [-0.3, -0.25) is 4.68 Å². The molecule has 2 fully saturated rings. The lowest BCUT2D eigenvalue weighted by Crippen LogP contribution is -2.33. The first kappa shape index (κ1) is 14.1. The minimum Gasteiger partial charge on any atom is -0.308 e. The predicted molar refractivity (Wildman–Crippen MR) is 82.6 cm³/mol. The van der Waals surface area contributed by atoms with E-state index in [1.807, 2.05) is 0 Å². The van der Waals surface area contributed by atoms with E-state index < -0.39 is 0 Å². The first-order valence-corrected chi connectivity index (χ1v) is 8.60. The third kappa shape index (κ3) is 3.43. The Balaban J connectivity index is 1.52. The molecule has 0 saturated heterocycles. The van der Waals surface area contributed by atoms with Crippen LogP contribution in [0.25, 0.3) is 0 Å². The number of nitrogens with zero attached hydrogens (tertiary/aromatic N) is 2. The van der Waals surface area contributed by atoms with Gasteiger partial charge in [0, 0.05) is 18.8 Å². The van der Waals surface area contributed by atoms with Gasteiger partial charge in [-0.25, -0.2) is 0 Å². The van der Waals surface area contributed by atoms with Crippen LogP contribution in [-0.4, -0.2) is 15.8 Å². The topological polar surface area (TPSA) is 29.9 Å². The summed E-state index contributed by atoms with van der Waals surface area (Å²) in [4.78, 5) is 0. The van der Waals surface area contributed by atoms with Crippen molar-refractivity contribution in [2.75, 3.05) is 0 Å². The molecule has 2 aliphatic carbocycles. The second kappa shape index (κ2) is 6.75. The SMILES string of the molecule is CC1CCCCCC1NCc1ccn(C2CCCC2)n1. The lowest BCUT2D eigenvalue weighted by molar-refractivity contribution is 0.353. The van der Waals surface area contributed by atoms with E-state index in [0.717, 1.165) is 12.5 Å². The summed E-state index contributed by atoms with van der Waals surface area (Å²) in [6.07, 6.45) is 14.5. The Hall–Kier alpha value is -0.830. The molecule has 1 N–H and O–H groups in total. The van der Waals surface area contributed by atoms with Crippen LogP contribution in [0.3, 0.4) is 0 Å². The van der Waals surface area contributed by atoms with E-state index in [-0.39, 0.29) is 0 Å². The predicted octanol–water partition coefficient (Wildman–Crippen LogP) is 4.06. The van der Waals surface area contributed by atoms with Crippen LogP contribution in [0, 0.1) is 5.92 Å². The van der Waals surface area contributed by atoms with Crippen LogP contribution < -0.4 is 5.32 Å². The Labute approximate surface area is 123 Å². The molecule has 3 rings (SSSR count). The standard InChI is InChI=1S/C17H29N3/c1-14-7-3-2-4-10-17(14)18-13-15-11-12-20(19-15)16-8-5-6-9-16/h11-12,14,16-18H,2-10,13H2,1H3. The molecule has 0 bridgehead atoms. The molecule has 0 amide bonds. The Kier molecular flexibility index (Phi) is 4.77. The van der Waals surface area contributed by atoms with Crippen molar-refractivity contribution in [1.29, 1.82) is 0 Å². The third-order valence-corrected chi connectivity index (χ3v) is 5.27. The van der Waals surface area contributed by atoms with Gasteiger partial charge in [0.25, 0.3) is 0 Å². The van der Waals surface area contributed by atoms with Crippen molar-refractivity contribution < 1.29 is 0 Å². The highest BCUT2D eigenvalue weighted by Crippen LogP contribution is 2.28. The van der Waals surface area contributed by atoms with Gasteiger partial charge < -0.3 is 5.32 Å². The summed E-state index contributed by atoms with van der Waals surface area (Å²) in [6.45, 7) is 3.34. The molecule has 112 valence electrons. The van der Waals surface area contributed by atoms with E-state index in [4.69, 9.17) is 5.10 Å². The fourth-order valence-corrected chi connectivity index (χ4v) is 3.88. The van der Waals surface area contributed by atoms with E-state index >= 15 is 0 Å². The lowest BCUT2D eigenvalue weighted by Gasteiger charge is -2.22. The number of aromatic nitrogens is 2. The van der Waals surface area contributed by atoms with Gasteiger partial charge in [-0.15, -0.1) is 0 Å². The maximum atomic E-state index is 4.78. The number of hydrogen-bond donors (Lipinski definition) is 1. The minimum absolute atomic E-state index is 0.667. The monoisotopic (exact) mass is 275 g/mol. The highest BCUT2D eigenvalue weighted by Gasteiger charge is 2.20. The molecular weight excluding hydrogens is 246 g/mol. The number of rotatable bonds is 4. The van der Waals surface area contributed by atoms with E-state index in [1.54, 1.807) is 0 Å². The molecule has 1 aromatic heterocycles. The molecule has 0 aliphatic heterocycles. The zero-order valence-electron chi connectivity index (χ0n) is 12.9. The number of hydrogen-bond acceptors (Lipinski definition) is 2. The molecule has 1 heterocycles. The minimum atomic E-state index is 0.667. The second-order valence-corrected chi connectivity index (χ2v) is 6.83. The van der Waals surface area contributed by atoms with Gasteiger partial charge >= 0.3 is 0 Å². The van der Waals surface area contributed by atoms with E-state index in [0.29, 0.717) is 12.1 Å². The molecule has 2 unspecified atom stereocenters. The highest BCUT2D eigenvalue weighted by molar-refractivity contribution is 5.00. The van der Waals surface area contributed by atoms with Crippen LogP contribution in [0.4, 0.5) is 0 Å². The Morgan fingerprint density at radius 1 is 1.10 bits per heavy atom. The van der Waals surface area contributed by atoms with E-state index in [9.17, 15) is 0 Å². The molecule has 0 aromatic carbocycles. The summed E-state index contributed by atoms with van der Waals surface area (Å²) in [5, 5.41) is 8.54. The Bertz CT molecular complexity index is 406. The molecule has 1 aromatic rings. The highest BCUT2D eigenvalue weighted by atomic mass is 15.3. The van der Waals surface area contributed by atoms with Gasteiger partial charge in [0.15, 0.2) is 0 Å². The van der Waals surface area contributed by atoms with E-state index in [2.05, 4.69) is 29.2 Å². The third-order valence-electron chi connectivity index (χ3n) is 5.27. The normalized spacial score (nSPS) is 28.6. The number of nitrogens with one attached hydrogen (secondary N) is 1. The van der Waals surface area contributed by atoms with Crippen molar-refractivity contribution >= 4 is 0 Å². The molecule has 3 heteroatoms. The first-order chi connectivity index (χ1) is 9.83. The van der Waals surface area contributed by atoms with Gasteiger partial charge in [0.2, 0.25) is 0 Å². The molecule has 2 atom stereocenters. The fraction of sp³-hybridized carbons (Fsp3) is 0.824. The summed E-state index contributed by atoms with van der Waals surface area (Å²) in [5.74, 6) is 0.814. The Morgan fingerprint density at radius 3 is 2.70 bits per heavy atom. The van der Waals surface area contributed by atoms with Crippen molar-refractivity contribution in [3.63, 3.8) is 0 Å². The van der Waals surface area contributed by atoms with Gasteiger partial charge in [-0.1, -0.05) is 39.0 Å². The summed E-state index contributed by atoms with van der Waals surface area (Å²) in [6, 6.07) is 3.56. The quantitative estimate of drug-likeness (QED) is 0.840. The van der Waals surface area contributed by atoms with Crippen molar-refractivity contribution in [3.05, 3.63) is 18.0 Å². The second-order valence-electron chi connectivity index (χ2n) is 6.83. The van der Waals surface area contributed by atoms with Crippen LogP contribution >= 0.6 is 0 Å². The molecule has 2 aliphatic rings. The summed E-state index contributed by atoms with van der Waals surface area (Å²) < 4.78 is 2.21. The zero-order chi connectivity index (χ0) is 13.8. The lowest BCUT2D eigenvalue weighted by atomic mass is 9.97. The molecule has 0 radical (unpaired) electrons. The van der Waals surface area contributed by atoms with Crippen molar-refractivity contribution in [2.24, 2.45) is 5.92 Å². The average molecular weight is 275 g/mol. The average Bonchev–Trinajstić information content (AvgIpc) is 3.08. The first-order valence-electron chi connectivity index (χ1n) is 8.60. The van der Waals surface area contributed by atoms with Crippen LogP contribution in [0.2, 0.25) is 0 Å². The maximum absolute atomic E-state index is 4.78. The van der Waals surface area contributed by atoms with Crippen molar-refractivity contribution in [2.45, 2.75) is 83.3 Å². The van der Waals surface area contributed by atoms with Crippen LogP contribution in [-0.2, 0) is 6.54 Å². The van der Waals surface area contributed by atoms with Crippen LogP contribution in [0.5, 0.6) is 0 Å². The van der Waals surface area contributed by atoms with Crippen LogP contribution in [0.15, 0.2) is 12.3 Å². The summed E-state index contributed by atoms with van der Waals surface area (Å²) in [5.41, 5.74) is 1.22. The van der Waals surface area contributed by atoms with Gasteiger partial charge in [0.1, 0.15) is 0 Å². The molecular formula is C17H29N3. The van der Waals surface area contributed by atoms with Crippen molar-refractivity contribution in [3.8, 4) is 0 Å². The summed E-state index contributed by atoms with van der Waals surface area (Å²) >= 11 is 0. The molecule has 20 heavy (non-hydrogen) atoms. The summed E-state index contributed by atoms with van der Waals surface area (Å²) in [7, 11) is 0. The van der Waals surface area contributed by atoms with Crippen LogP contribution in [0.1, 0.15) is 76.4 Å². The van der Waals surface area contributed by atoms with Crippen molar-refractivity contribution in [1.82, 2.24) is 15.1 Å². The van der Waals surface area contributed by atoms with Gasteiger partial charge in [-0.05, 0) is 37.7 Å². The molecule has 2 saturated carbocycles. The Morgan fingerprint density at radius 2 is 1.85 bits per heavy atom. The fourth-order valence-electron chi connectivity index (χ4n) is 3.88. The zero-order valence-corrected chi connectivity index (χ0v) is 12.9. The van der Waals surface area contributed by atoms with Gasteiger partial charge in [0.05, 0.1) is 11.7 Å².